The molecule has 0 saturated heterocycles. The predicted molar refractivity (Wildman–Crippen MR) is 61.8 cm³/mol. The molecule has 0 unspecified atom stereocenters. The molecule has 104 valence electrons. The lowest BCUT2D eigenvalue weighted by molar-refractivity contribution is -0.137. The standard InChI is InChI=1S/C12H7F3N2O3/c13-12(14,15)7-2-1-3-8(6-7)17-5-4-16-9(10(17)18)11(19)20/h1-6H,(H,19,20). The zero-order valence-corrected chi connectivity index (χ0v) is 9.76. The van der Waals surface area contributed by atoms with Crippen molar-refractivity contribution in [1.82, 2.24) is 9.55 Å². The number of alkyl halides is 3. The van der Waals surface area contributed by atoms with E-state index < -0.39 is 29.0 Å². The summed E-state index contributed by atoms with van der Waals surface area (Å²) >= 11 is 0. The number of carbonyl (C=O) groups is 1. The number of carboxylic acids is 1. The van der Waals surface area contributed by atoms with Gasteiger partial charge in [-0.2, -0.15) is 13.2 Å². The predicted octanol–water partition coefficient (Wildman–Crippen LogP) is 1.95. The van der Waals surface area contributed by atoms with Gasteiger partial charge in [0.15, 0.2) is 0 Å². The molecule has 2 aromatic rings. The Hall–Kier alpha value is -2.64. The van der Waals surface area contributed by atoms with Crippen molar-refractivity contribution in [3.63, 3.8) is 0 Å². The van der Waals surface area contributed by atoms with Crippen LogP contribution < -0.4 is 5.56 Å². The molecule has 0 radical (unpaired) electrons. The van der Waals surface area contributed by atoms with Crippen molar-refractivity contribution < 1.29 is 23.1 Å². The van der Waals surface area contributed by atoms with Crippen molar-refractivity contribution in [3.05, 3.63) is 58.3 Å². The molecule has 0 fully saturated rings. The third-order valence-electron chi connectivity index (χ3n) is 2.49. The normalized spacial score (nSPS) is 11.3. The first-order chi connectivity index (χ1) is 9.30. The van der Waals surface area contributed by atoms with Crippen molar-refractivity contribution >= 4 is 5.97 Å². The highest BCUT2D eigenvalue weighted by Gasteiger charge is 2.30. The van der Waals surface area contributed by atoms with Crippen LogP contribution in [0.2, 0.25) is 0 Å². The van der Waals surface area contributed by atoms with Crippen LogP contribution in [0.15, 0.2) is 41.5 Å². The van der Waals surface area contributed by atoms with Crippen LogP contribution in [-0.2, 0) is 6.18 Å². The smallest absolute Gasteiger partial charge is 0.416 e. The lowest BCUT2D eigenvalue weighted by atomic mass is 10.2. The summed E-state index contributed by atoms with van der Waals surface area (Å²) in [5.41, 5.74) is -2.78. The van der Waals surface area contributed by atoms with Gasteiger partial charge in [0, 0.05) is 18.1 Å². The third kappa shape index (κ3) is 2.53. The van der Waals surface area contributed by atoms with Crippen LogP contribution >= 0.6 is 0 Å². The second-order valence-electron chi connectivity index (χ2n) is 3.80. The van der Waals surface area contributed by atoms with E-state index in [1.165, 1.54) is 6.07 Å². The Labute approximate surface area is 109 Å². The highest BCUT2D eigenvalue weighted by Crippen LogP contribution is 2.30. The van der Waals surface area contributed by atoms with Crippen LogP contribution in [0.5, 0.6) is 0 Å². The fraction of sp³-hybridized carbons (Fsp3) is 0.0833. The van der Waals surface area contributed by atoms with E-state index in [9.17, 15) is 22.8 Å². The fourth-order valence-corrected chi connectivity index (χ4v) is 1.59. The van der Waals surface area contributed by atoms with Crippen LogP contribution in [-0.4, -0.2) is 20.6 Å². The lowest BCUT2D eigenvalue weighted by Gasteiger charge is -2.10. The second kappa shape index (κ2) is 4.80. The first-order valence-electron chi connectivity index (χ1n) is 5.29. The minimum absolute atomic E-state index is 0.0882. The average Bonchev–Trinajstić information content (AvgIpc) is 2.38. The average molecular weight is 284 g/mol. The molecule has 0 atom stereocenters. The first kappa shape index (κ1) is 13.8. The minimum atomic E-state index is -4.55. The van der Waals surface area contributed by atoms with Gasteiger partial charge < -0.3 is 5.11 Å². The molecule has 1 aromatic carbocycles. The van der Waals surface area contributed by atoms with Crippen LogP contribution in [0.3, 0.4) is 0 Å². The lowest BCUT2D eigenvalue weighted by Crippen LogP contribution is -2.26. The zero-order valence-electron chi connectivity index (χ0n) is 9.76. The maximum atomic E-state index is 12.6. The number of aromatic nitrogens is 2. The van der Waals surface area contributed by atoms with Crippen LogP contribution in [0, 0.1) is 0 Å². The maximum absolute atomic E-state index is 12.6. The summed E-state index contributed by atoms with van der Waals surface area (Å²) in [6.45, 7) is 0. The monoisotopic (exact) mass is 284 g/mol. The Morgan fingerprint density at radius 3 is 2.60 bits per heavy atom. The van der Waals surface area contributed by atoms with E-state index in [4.69, 9.17) is 5.11 Å². The molecule has 5 nitrogen and oxygen atoms in total. The molecule has 1 aromatic heterocycles. The van der Waals surface area contributed by atoms with Crippen LogP contribution in [0.4, 0.5) is 13.2 Å². The summed E-state index contributed by atoms with van der Waals surface area (Å²) in [4.78, 5) is 26.0. The number of benzene rings is 1. The molecule has 1 heterocycles. The molecular weight excluding hydrogens is 277 g/mol. The van der Waals surface area contributed by atoms with Crippen molar-refractivity contribution in [3.8, 4) is 5.69 Å². The summed E-state index contributed by atoms with van der Waals surface area (Å²) in [5, 5.41) is 8.77. The molecule has 0 spiro atoms. The number of halogens is 3. The first-order valence-corrected chi connectivity index (χ1v) is 5.29. The van der Waals surface area contributed by atoms with Gasteiger partial charge in [-0.25, -0.2) is 9.78 Å². The molecule has 0 aliphatic heterocycles. The van der Waals surface area contributed by atoms with E-state index in [0.29, 0.717) is 0 Å². The molecule has 8 heteroatoms. The quantitative estimate of drug-likeness (QED) is 0.914. The SMILES string of the molecule is O=C(O)c1nccn(-c2cccc(C(F)(F)F)c2)c1=O. The highest BCUT2D eigenvalue weighted by atomic mass is 19.4. The summed E-state index contributed by atoms with van der Waals surface area (Å²) in [6, 6.07) is 4.01. The minimum Gasteiger partial charge on any atom is -0.476 e. The fourth-order valence-electron chi connectivity index (χ4n) is 1.59. The van der Waals surface area contributed by atoms with E-state index in [2.05, 4.69) is 4.98 Å². The molecular formula is C12H7F3N2O3. The molecule has 0 aliphatic rings. The third-order valence-corrected chi connectivity index (χ3v) is 2.49. The maximum Gasteiger partial charge on any atom is 0.416 e. The van der Waals surface area contributed by atoms with Crippen molar-refractivity contribution in [2.24, 2.45) is 0 Å². The Morgan fingerprint density at radius 2 is 2.00 bits per heavy atom. The van der Waals surface area contributed by atoms with E-state index in [1.807, 2.05) is 0 Å². The summed E-state index contributed by atoms with van der Waals surface area (Å²) in [5.74, 6) is -1.55. The van der Waals surface area contributed by atoms with Gasteiger partial charge >= 0.3 is 12.1 Å². The molecule has 20 heavy (non-hydrogen) atoms. The van der Waals surface area contributed by atoms with Gasteiger partial charge in [0.05, 0.1) is 5.56 Å². The zero-order chi connectivity index (χ0) is 14.9. The molecule has 1 N–H and O–H groups in total. The van der Waals surface area contributed by atoms with Crippen LogP contribution in [0.1, 0.15) is 16.1 Å². The Kier molecular flexibility index (Phi) is 3.31. The van der Waals surface area contributed by atoms with Crippen molar-refractivity contribution in [2.75, 3.05) is 0 Å². The van der Waals surface area contributed by atoms with E-state index >= 15 is 0 Å². The molecule has 2 rings (SSSR count). The Bertz CT molecular complexity index is 722. The number of aromatic carboxylic acids is 1. The molecule has 0 bridgehead atoms. The number of nitrogens with zero attached hydrogens (tertiary/aromatic N) is 2. The summed E-state index contributed by atoms with van der Waals surface area (Å²) < 4.78 is 38.6. The van der Waals surface area contributed by atoms with Gasteiger partial charge in [-0.15, -0.1) is 0 Å². The second-order valence-corrected chi connectivity index (χ2v) is 3.80. The topological polar surface area (TPSA) is 72.2 Å². The number of hydrogen-bond acceptors (Lipinski definition) is 3. The van der Waals surface area contributed by atoms with Crippen molar-refractivity contribution in [2.45, 2.75) is 6.18 Å². The van der Waals surface area contributed by atoms with E-state index in [1.54, 1.807) is 0 Å². The molecule has 0 amide bonds. The van der Waals surface area contributed by atoms with Gasteiger partial charge in [0.1, 0.15) is 0 Å². The van der Waals surface area contributed by atoms with E-state index in [-0.39, 0.29) is 5.69 Å². The van der Waals surface area contributed by atoms with Crippen LogP contribution in [0.25, 0.3) is 5.69 Å². The highest BCUT2D eigenvalue weighted by molar-refractivity contribution is 5.84. The van der Waals surface area contributed by atoms with E-state index in [0.717, 1.165) is 35.2 Å². The summed E-state index contributed by atoms with van der Waals surface area (Å²) in [7, 11) is 0. The Balaban J connectivity index is 2.61. The Morgan fingerprint density at radius 1 is 1.30 bits per heavy atom. The molecule has 0 saturated carbocycles. The van der Waals surface area contributed by atoms with Gasteiger partial charge in [-0.05, 0) is 18.2 Å². The van der Waals surface area contributed by atoms with Gasteiger partial charge in [0.2, 0.25) is 5.69 Å². The summed E-state index contributed by atoms with van der Waals surface area (Å²) in [6.07, 6.45) is -2.42. The van der Waals surface area contributed by atoms with Gasteiger partial charge in [-0.3, -0.25) is 9.36 Å². The number of carboxylic acid groups (broad SMARTS) is 1. The van der Waals surface area contributed by atoms with Gasteiger partial charge in [0.25, 0.3) is 5.56 Å². The van der Waals surface area contributed by atoms with Gasteiger partial charge in [-0.1, -0.05) is 6.07 Å². The number of rotatable bonds is 2. The number of hydrogen-bond donors (Lipinski definition) is 1. The molecule has 0 aliphatic carbocycles. The largest absolute Gasteiger partial charge is 0.476 e. The van der Waals surface area contributed by atoms with Crippen molar-refractivity contribution in [1.29, 1.82) is 0 Å².